The Hall–Kier alpha value is -2.44. The topological polar surface area (TPSA) is 62.3 Å². The Balaban J connectivity index is 1.52. The number of benzene rings is 2. The summed E-state index contributed by atoms with van der Waals surface area (Å²) in [6.07, 6.45) is 1.47. The first-order chi connectivity index (χ1) is 12.6. The molecular formula is C19H16ClN3O2S. The second-order valence-electron chi connectivity index (χ2n) is 6.14. The van der Waals surface area contributed by atoms with Crippen LogP contribution in [0.25, 0.3) is 10.2 Å². The Morgan fingerprint density at radius 1 is 1.19 bits per heavy atom. The number of halogens is 1. The molecule has 2 amide bonds. The lowest BCUT2D eigenvalue weighted by Gasteiger charge is -2.23. The van der Waals surface area contributed by atoms with Gasteiger partial charge in [-0.3, -0.25) is 9.59 Å². The van der Waals surface area contributed by atoms with Crippen molar-refractivity contribution in [3.05, 3.63) is 59.1 Å². The van der Waals surface area contributed by atoms with Crippen LogP contribution < -0.4 is 5.32 Å². The number of thiazole rings is 1. The molecule has 132 valence electrons. The minimum Gasteiger partial charge on any atom is -0.327 e. The van der Waals surface area contributed by atoms with Crippen molar-refractivity contribution in [2.24, 2.45) is 0 Å². The number of nitrogens with one attached hydrogen (secondary N) is 1. The van der Waals surface area contributed by atoms with Gasteiger partial charge in [0.25, 0.3) is 5.91 Å². The smallest absolute Gasteiger partial charge is 0.254 e. The molecule has 3 aromatic rings. The van der Waals surface area contributed by atoms with Crippen LogP contribution in [0.1, 0.15) is 23.2 Å². The number of carbonyl (C=O) groups excluding carboxylic acids is 2. The van der Waals surface area contributed by atoms with Crippen molar-refractivity contribution < 1.29 is 9.59 Å². The molecule has 2 aromatic carbocycles. The van der Waals surface area contributed by atoms with Gasteiger partial charge in [-0.1, -0.05) is 41.1 Å². The largest absolute Gasteiger partial charge is 0.327 e. The van der Waals surface area contributed by atoms with E-state index in [1.165, 1.54) is 11.3 Å². The van der Waals surface area contributed by atoms with Crippen LogP contribution in [-0.4, -0.2) is 34.3 Å². The molecule has 7 heteroatoms. The van der Waals surface area contributed by atoms with Crippen LogP contribution in [0.2, 0.25) is 5.02 Å². The van der Waals surface area contributed by atoms with Gasteiger partial charge in [0, 0.05) is 17.1 Å². The molecule has 0 aliphatic carbocycles. The fourth-order valence-corrected chi connectivity index (χ4v) is 4.31. The van der Waals surface area contributed by atoms with Crippen molar-refractivity contribution >= 4 is 50.1 Å². The summed E-state index contributed by atoms with van der Waals surface area (Å²) in [7, 11) is 0. The number of likely N-dealkylation sites (tertiary alicyclic amines) is 1. The summed E-state index contributed by atoms with van der Waals surface area (Å²) < 4.78 is 0.913. The minimum absolute atomic E-state index is 0.112. The van der Waals surface area contributed by atoms with E-state index in [1.54, 1.807) is 23.1 Å². The summed E-state index contributed by atoms with van der Waals surface area (Å²) in [5.74, 6) is -0.309. The Kier molecular flexibility index (Phi) is 4.61. The normalized spacial score (nSPS) is 16.8. The van der Waals surface area contributed by atoms with Gasteiger partial charge in [-0.15, -0.1) is 0 Å². The number of amides is 2. The average Bonchev–Trinajstić information content (AvgIpc) is 3.28. The van der Waals surface area contributed by atoms with E-state index in [4.69, 9.17) is 11.6 Å². The van der Waals surface area contributed by atoms with Crippen molar-refractivity contribution in [3.8, 4) is 0 Å². The van der Waals surface area contributed by atoms with E-state index in [2.05, 4.69) is 10.3 Å². The lowest BCUT2D eigenvalue weighted by Crippen LogP contribution is -2.43. The number of carbonyl (C=O) groups is 2. The van der Waals surface area contributed by atoms with Crippen LogP contribution in [0.15, 0.2) is 48.5 Å². The molecule has 1 unspecified atom stereocenters. The van der Waals surface area contributed by atoms with Crippen LogP contribution in [0.3, 0.4) is 0 Å². The molecule has 1 fully saturated rings. The number of fused-ring (bicyclic) bond motifs is 1. The van der Waals surface area contributed by atoms with E-state index in [-0.39, 0.29) is 11.8 Å². The SMILES string of the molecule is O=C(Nc1nc2ccc(Cl)cc2s1)C1CCCN1C(=O)c1ccccc1. The van der Waals surface area contributed by atoms with E-state index < -0.39 is 6.04 Å². The molecule has 1 N–H and O–H groups in total. The van der Waals surface area contributed by atoms with Crippen LogP contribution in [0, 0.1) is 0 Å². The third kappa shape index (κ3) is 3.30. The molecule has 1 aliphatic rings. The third-order valence-corrected chi connectivity index (χ3v) is 5.59. The van der Waals surface area contributed by atoms with Gasteiger partial charge in [-0.05, 0) is 43.2 Å². The predicted molar refractivity (Wildman–Crippen MR) is 104 cm³/mol. The molecule has 1 atom stereocenters. The zero-order valence-corrected chi connectivity index (χ0v) is 15.4. The fourth-order valence-electron chi connectivity index (χ4n) is 3.17. The number of hydrogen-bond donors (Lipinski definition) is 1. The average molecular weight is 386 g/mol. The summed E-state index contributed by atoms with van der Waals surface area (Å²) in [6, 6.07) is 14.0. The highest BCUT2D eigenvalue weighted by Crippen LogP contribution is 2.29. The van der Waals surface area contributed by atoms with E-state index in [9.17, 15) is 9.59 Å². The molecule has 1 aromatic heterocycles. The lowest BCUT2D eigenvalue weighted by molar-refractivity contribution is -0.119. The van der Waals surface area contributed by atoms with Crippen molar-refractivity contribution in [2.45, 2.75) is 18.9 Å². The number of hydrogen-bond acceptors (Lipinski definition) is 4. The maximum absolute atomic E-state index is 12.7. The van der Waals surface area contributed by atoms with Crippen LogP contribution >= 0.6 is 22.9 Å². The highest BCUT2D eigenvalue weighted by atomic mass is 35.5. The Bertz CT molecular complexity index is 973. The number of rotatable bonds is 3. The summed E-state index contributed by atoms with van der Waals surface area (Å²) >= 11 is 7.37. The Labute approximate surface area is 159 Å². The molecule has 5 nitrogen and oxygen atoms in total. The Morgan fingerprint density at radius 2 is 2.00 bits per heavy atom. The van der Waals surface area contributed by atoms with Crippen molar-refractivity contribution in [3.63, 3.8) is 0 Å². The predicted octanol–water partition coefficient (Wildman–Crippen LogP) is 4.19. The molecule has 0 radical (unpaired) electrons. The van der Waals surface area contributed by atoms with Crippen molar-refractivity contribution in [1.29, 1.82) is 0 Å². The zero-order valence-electron chi connectivity index (χ0n) is 13.8. The van der Waals surface area contributed by atoms with Crippen molar-refractivity contribution in [2.75, 3.05) is 11.9 Å². The summed E-state index contributed by atoms with van der Waals surface area (Å²) in [5.41, 5.74) is 1.39. The fraction of sp³-hybridized carbons (Fsp3) is 0.211. The van der Waals surface area contributed by atoms with Gasteiger partial charge < -0.3 is 10.2 Å². The van der Waals surface area contributed by atoms with Gasteiger partial charge in [0.05, 0.1) is 10.2 Å². The summed E-state index contributed by atoms with van der Waals surface area (Å²) in [5, 5.41) is 4.01. The molecule has 2 heterocycles. The highest BCUT2D eigenvalue weighted by Gasteiger charge is 2.34. The quantitative estimate of drug-likeness (QED) is 0.735. The maximum atomic E-state index is 12.7. The van der Waals surface area contributed by atoms with Gasteiger partial charge in [-0.2, -0.15) is 0 Å². The standard InChI is InChI=1S/C19H16ClN3O2S/c20-13-8-9-14-16(11-13)26-19(21-14)22-17(24)15-7-4-10-23(15)18(25)12-5-2-1-3-6-12/h1-3,5-6,8-9,11,15H,4,7,10H2,(H,21,22,24). The van der Waals surface area contributed by atoms with E-state index in [0.717, 1.165) is 16.6 Å². The maximum Gasteiger partial charge on any atom is 0.254 e. The Morgan fingerprint density at radius 3 is 2.81 bits per heavy atom. The highest BCUT2D eigenvalue weighted by molar-refractivity contribution is 7.22. The molecular weight excluding hydrogens is 370 g/mol. The number of aromatic nitrogens is 1. The van der Waals surface area contributed by atoms with E-state index in [1.807, 2.05) is 30.3 Å². The first-order valence-electron chi connectivity index (χ1n) is 8.35. The number of anilines is 1. The first-order valence-corrected chi connectivity index (χ1v) is 9.54. The molecule has 1 aliphatic heterocycles. The molecule has 1 saturated heterocycles. The summed E-state index contributed by atoms with van der Waals surface area (Å²) in [6.45, 7) is 0.585. The molecule has 4 rings (SSSR count). The lowest BCUT2D eigenvalue weighted by atomic mass is 10.1. The van der Waals surface area contributed by atoms with E-state index >= 15 is 0 Å². The zero-order chi connectivity index (χ0) is 18.1. The van der Waals surface area contributed by atoms with Crippen LogP contribution in [0.4, 0.5) is 5.13 Å². The summed E-state index contributed by atoms with van der Waals surface area (Å²) in [4.78, 5) is 31.5. The number of nitrogens with zero attached hydrogens (tertiary/aromatic N) is 2. The van der Waals surface area contributed by atoms with Crippen LogP contribution in [-0.2, 0) is 4.79 Å². The second-order valence-corrected chi connectivity index (χ2v) is 7.61. The minimum atomic E-state index is -0.474. The van der Waals surface area contributed by atoms with E-state index in [0.29, 0.717) is 28.7 Å². The molecule has 0 bridgehead atoms. The van der Waals surface area contributed by atoms with Gasteiger partial charge in [0.15, 0.2) is 5.13 Å². The second kappa shape index (κ2) is 7.05. The third-order valence-electron chi connectivity index (χ3n) is 4.42. The van der Waals surface area contributed by atoms with Gasteiger partial charge in [0.1, 0.15) is 6.04 Å². The van der Waals surface area contributed by atoms with Gasteiger partial charge >= 0.3 is 0 Å². The monoisotopic (exact) mass is 385 g/mol. The van der Waals surface area contributed by atoms with Gasteiger partial charge in [-0.25, -0.2) is 4.98 Å². The van der Waals surface area contributed by atoms with Crippen molar-refractivity contribution in [1.82, 2.24) is 9.88 Å². The molecule has 0 spiro atoms. The molecule has 0 saturated carbocycles. The first kappa shape index (κ1) is 17.0. The van der Waals surface area contributed by atoms with Gasteiger partial charge in [0.2, 0.25) is 5.91 Å². The van der Waals surface area contributed by atoms with Crippen LogP contribution in [0.5, 0.6) is 0 Å². The molecule has 26 heavy (non-hydrogen) atoms.